The minimum absolute atomic E-state index is 0.133. The summed E-state index contributed by atoms with van der Waals surface area (Å²) in [4.78, 5) is 12.9. The number of unbranched alkanes of at least 4 members (excludes halogenated alkanes) is 29. The molecule has 1 amide bonds. The van der Waals surface area contributed by atoms with Crippen molar-refractivity contribution in [3.63, 3.8) is 0 Å². The lowest BCUT2D eigenvalue weighted by molar-refractivity contribution is -0.302. The molecule has 0 aromatic carbocycles. The molecule has 9 nitrogen and oxygen atoms in total. The van der Waals surface area contributed by atoms with Gasteiger partial charge in [0.05, 0.1) is 25.4 Å². The fourth-order valence-electron chi connectivity index (χ4n) is 7.69. The summed E-state index contributed by atoms with van der Waals surface area (Å²) in [5.74, 6) is -0.142. The molecule has 0 aromatic rings. The average molecular weight is 772 g/mol. The van der Waals surface area contributed by atoms with Gasteiger partial charge >= 0.3 is 0 Å². The topological polar surface area (TPSA) is 149 Å². The molecule has 0 saturated carbocycles. The number of amides is 1. The quantitative estimate of drug-likeness (QED) is 0.0339. The van der Waals surface area contributed by atoms with Crippen LogP contribution in [0, 0.1) is 0 Å². The van der Waals surface area contributed by atoms with Crippen molar-refractivity contribution in [2.45, 2.75) is 269 Å². The second-order valence-corrected chi connectivity index (χ2v) is 16.6. The van der Waals surface area contributed by atoms with E-state index in [1.165, 1.54) is 161 Å². The molecular weight excluding hydrogens is 682 g/mol. The normalized spacial score (nSPS) is 21.4. The fourth-order valence-corrected chi connectivity index (χ4v) is 7.69. The Labute approximate surface area is 332 Å². The number of hydrogen-bond donors (Lipinski definition) is 6. The minimum atomic E-state index is -1.55. The number of carbonyl (C=O) groups excluding carboxylic acids is 1. The lowest BCUT2D eigenvalue weighted by atomic mass is 9.99. The van der Waals surface area contributed by atoms with E-state index in [4.69, 9.17) is 9.47 Å². The molecule has 0 spiro atoms. The van der Waals surface area contributed by atoms with Crippen LogP contribution in [0.1, 0.15) is 226 Å². The average Bonchev–Trinajstić information content (AvgIpc) is 3.17. The Balaban J connectivity index is 2.21. The second-order valence-electron chi connectivity index (χ2n) is 16.6. The van der Waals surface area contributed by atoms with E-state index in [0.29, 0.717) is 12.8 Å². The number of hydrogen-bond acceptors (Lipinski definition) is 8. The maximum atomic E-state index is 12.9. The van der Waals surface area contributed by atoms with Gasteiger partial charge in [-0.3, -0.25) is 4.79 Å². The molecule has 54 heavy (non-hydrogen) atoms. The highest BCUT2D eigenvalue weighted by Gasteiger charge is 2.44. The van der Waals surface area contributed by atoms with E-state index in [0.717, 1.165) is 38.5 Å². The summed E-state index contributed by atoms with van der Waals surface area (Å²) in [5.41, 5.74) is 0. The van der Waals surface area contributed by atoms with E-state index in [1.54, 1.807) is 0 Å². The summed E-state index contributed by atoms with van der Waals surface area (Å²) >= 11 is 0. The van der Waals surface area contributed by atoms with E-state index < -0.39 is 49.5 Å². The van der Waals surface area contributed by atoms with E-state index in [9.17, 15) is 30.3 Å². The molecule has 1 rings (SSSR count). The molecule has 0 bridgehead atoms. The van der Waals surface area contributed by atoms with E-state index in [2.05, 4.69) is 19.2 Å². The Bertz CT molecular complexity index is 817. The number of aliphatic hydroxyl groups excluding tert-OH is 5. The van der Waals surface area contributed by atoms with Crippen LogP contribution in [0.3, 0.4) is 0 Å². The molecule has 1 heterocycles. The van der Waals surface area contributed by atoms with E-state index >= 15 is 0 Å². The maximum Gasteiger partial charge on any atom is 0.220 e. The van der Waals surface area contributed by atoms with Crippen LogP contribution in [0.25, 0.3) is 0 Å². The molecule has 322 valence electrons. The molecule has 6 N–H and O–H groups in total. The highest BCUT2D eigenvalue weighted by Crippen LogP contribution is 2.23. The fraction of sp³-hybridized carbons (Fsp3) is 0.978. The van der Waals surface area contributed by atoms with E-state index in [-0.39, 0.29) is 12.5 Å². The summed E-state index contributed by atoms with van der Waals surface area (Å²) in [6.07, 6.45) is 32.7. The minimum Gasteiger partial charge on any atom is -0.394 e. The van der Waals surface area contributed by atoms with Crippen LogP contribution in [0.15, 0.2) is 0 Å². The van der Waals surface area contributed by atoms with Gasteiger partial charge in [0.25, 0.3) is 0 Å². The van der Waals surface area contributed by atoms with Gasteiger partial charge in [0.1, 0.15) is 24.4 Å². The third-order valence-corrected chi connectivity index (χ3v) is 11.5. The summed E-state index contributed by atoms with van der Waals surface area (Å²) in [5, 5.41) is 54.2. The zero-order chi connectivity index (χ0) is 39.5. The first-order chi connectivity index (χ1) is 26.3. The Morgan fingerprint density at radius 3 is 1.31 bits per heavy atom. The standard InChI is InChI=1S/C45H89NO8/c1-3-5-7-9-11-13-14-15-16-17-18-19-20-21-22-23-24-25-27-29-31-33-35-41(49)46-38(39(48)34-32-30-28-26-12-10-8-6-4-2)37-53-45-44(52)43(51)42(50)40(36-47)54-45/h38-40,42-45,47-48,50-52H,3-37H2,1-2H3,(H,46,49). The van der Waals surface area contributed by atoms with Gasteiger partial charge in [-0.1, -0.05) is 206 Å². The largest absolute Gasteiger partial charge is 0.394 e. The van der Waals surface area contributed by atoms with Crippen LogP contribution in [0.4, 0.5) is 0 Å². The predicted molar refractivity (Wildman–Crippen MR) is 221 cm³/mol. The van der Waals surface area contributed by atoms with Crippen molar-refractivity contribution in [3.05, 3.63) is 0 Å². The Morgan fingerprint density at radius 2 is 0.926 bits per heavy atom. The van der Waals surface area contributed by atoms with Gasteiger partial charge in [0.15, 0.2) is 6.29 Å². The summed E-state index contributed by atoms with van der Waals surface area (Å²) < 4.78 is 11.2. The Morgan fingerprint density at radius 1 is 0.556 bits per heavy atom. The van der Waals surface area contributed by atoms with Crippen molar-refractivity contribution in [1.82, 2.24) is 5.32 Å². The number of carbonyl (C=O) groups is 1. The first-order valence-corrected chi connectivity index (χ1v) is 23.2. The van der Waals surface area contributed by atoms with Gasteiger partial charge in [-0.25, -0.2) is 0 Å². The zero-order valence-corrected chi connectivity index (χ0v) is 35.3. The van der Waals surface area contributed by atoms with Gasteiger partial charge in [0.2, 0.25) is 5.91 Å². The maximum absolute atomic E-state index is 12.9. The van der Waals surface area contributed by atoms with Crippen LogP contribution < -0.4 is 5.32 Å². The Kier molecular flexibility index (Phi) is 34.6. The van der Waals surface area contributed by atoms with Gasteiger partial charge in [-0.05, 0) is 12.8 Å². The highest BCUT2D eigenvalue weighted by atomic mass is 16.7. The van der Waals surface area contributed by atoms with Crippen LogP contribution >= 0.6 is 0 Å². The number of ether oxygens (including phenoxy) is 2. The van der Waals surface area contributed by atoms with Gasteiger partial charge < -0.3 is 40.3 Å². The molecule has 0 radical (unpaired) electrons. The molecule has 7 atom stereocenters. The zero-order valence-electron chi connectivity index (χ0n) is 35.3. The highest BCUT2D eigenvalue weighted by molar-refractivity contribution is 5.76. The number of nitrogens with one attached hydrogen (secondary N) is 1. The third kappa shape index (κ3) is 26.9. The molecule has 9 heteroatoms. The molecule has 1 saturated heterocycles. The van der Waals surface area contributed by atoms with Crippen LogP contribution in [0.2, 0.25) is 0 Å². The first kappa shape index (κ1) is 51.2. The molecular formula is C45H89NO8. The monoisotopic (exact) mass is 772 g/mol. The van der Waals surface area contributed by atoms with Crippen molar-refractivity contribution in [1.29, 1.82) is 0 Å². The number of aliphatic hydroxyl groups is 5. The smallest absolute Gasteiger partial charge is 0.220 e. The van der Waals surface area contributed by atoms with Crippen molar-refractivity contribution >= 4 is 5.91 Å². The third-order valence-electron chi connectivity index (χ3n) is 11.5. The summed E-state index contributed by atoms with van der Waals surface area (Å²) in [6, 6.07) is -0.710. The molecule has 0 aliphatic carbocycles. The molecule has 7 unspecified atom stereocenters. The van der Waals surface area contributed by atoms with Crippen LogP contribution in [-0.4, -0.2) is 87.5 Å². The Hall–Kier alpha value is -0.810. The van der Waals surface area contributed by atoms with Crippen LogP contribution in [0.5, 0.6) is 0 Å². The molecule has 1 aliphatic rings. The van der Waals surface area contributed by atoms with Crippen molar-refractivity contribution in [2.24, 2.45) is 0 Å². The van der Waals surface area contributed by atoms with Gasteiger partial charge in [0, 0.05) is 6.42 Å². The van der Waals surface area contributed by atoms with Crippen molar-refractivity contribution in [3.8, 4) is 0 Å². The number of rotatable bonds is 39. The molecule has 0 aromatic heterocycles. The van der Waals surface area contributed by atoms with Crippen molar-refractivity contribution < 1.29 is 39.8 Å². The first-order valence-electron chi connectivity index (χ1n) is 23.2. The predicted octanol–water partition coefficient (Wildman–Crippen LogP) is 9.56. The van der Waals surface area contributed by atoms with Crippen LogP contribution in [-0.2, 0) is 14.3 Å². The second kappa shape index (κ2) is 36.5. The van der Waals surface area contributed by atoms with E-state index in [1.807, 2.05) is 0 Å². The summed E-state index contributed by atoms with van der Waals surface area (Å²) in [6.45, 7) is 3.82. The van der Waals surface area contributed by atoms with Gasteiger partial charge in [-0.2, -0.15) is 0 Å². The lowest BCUT2D eigenvalue weighted by Crippen LogP contribution is -2.60. The molecule has 1 aliphatic heterocycles. The van der Waals surface area contributed by atoms with Gasteiger partial charge in [-0.15, -0.1) is 0 Å². The molecule has 1 fully saturated rings. The summed E-state index contributed by atoms with van der Waals surface area (Å²) in [7, 11) is 0. The van der Waals surface area contributed by atoms with Crippen molar-refractivity contribution in [2.75, 3.05) is 13.2 Å². The SMILES string of the molecule is CCCCCCCCCCCCCCCCCCCCCCCCC(=O)NC(COC1OC(CO)C(O)C(O)C1O)C(O)CCCCCCCCCCC. The lowest BCUT2D eigenvalue weighted by Gasteiger charge is -2.40.